The van der Waals surface area contributed by atoms with E-state index >= 15 is 0 Å². The molecule has 1 N–H and O–H groups in total. The molecule has 3 heteroatoms. The summed E-state index contributed by atoms with van der Waals surface area (Å²) in [5.41, 5.74) is 0. The summed E-state index contributed by atoms with van der Waals surface area (Å²) in [7, 11) is -1.75. The lowest BCUT2D eigenvalue weighted by Gasteiger charge is -2.40. The first-order valence-electron chi connectivity index (χ1n) is 6.26. The number of rotatable bonds is 2. The van der Waals surface area contributed by atoms with Crippen LogP contribution in [0.15, 0.2) is 12.2 Å². The fourth-order valence-electron chi connectivity index (χ4n) is 1.65. The van der Waals surface area contributed by atoms with Gasteiger partial charge in [0.1, 0.15) is 0 Å². The molecule has 0 heterocycles. The van der Waals surface area contributed by atoms with Crippen LogP contribution in [0.2, 0.25) is 18.1 Å². The van der Waals surface area contributed by atoms with E-state index in [1.54, 1.807) is 0 Å². The molecular formula is C13H26O2Si. The van der Waals surface area contributed by atoms with Crippen LogP contribution in [0.5, 0.6) is 0 Å². The van der Waals surface area contributed by atoms with Crippen LogP contribution in [0, 0.1) is 0 Å². The summed E-state index contributed by atoms with van der Waals surface area (Å²) >= 11 is 0. The van der Waals surface area contributed by atoms with Crippen molar-refractivity contribution in [2.75, 3.05) is 0 Å². The Balaban J connectivity index is 2.68. The highest BCUT2D eigenvalue weighted by atomic mass is 28.4. The van der Waals surface area contributed by atoms with Crippen LogP contribution in [0.25, 0.3) is 0 Å². The van der Waals surface area contributed by atoms with Crippen LogP contribution >= 0.6 is 0 Å². The molecule has 0 aromatic heterocycles. The topological polar surface area (TPSA) is 29.5 Å². The number of aliphatic hydroxyl groups excluding tert-OH is 1. The summed E-state index contributed by atoms with van der Waals surface area (Å²) in [5, 5.41) is 10.2. The van der Waals surface area contributed by atoms with Gasteiger partial charge in [-0.1, -0.05) is 32.9 Å². The number of aliphatic hydroxyl groups is 1. The molecule has 0 saturated heterocycles. The maximum Gasteiger partial charge on any atom is 0.192 e. The minimum absolute atomic E-state index is 0.000332. The van der Waals surface area contributed by atoms with Gasteiger partial charge in [-0.15, -0.1) is 0 Å². The molecule has 1 aliphatic rings. The minimum atomic E-state index is -1.75. The monoisotopic (exact) mass is 242 g/mol. The van der Waals surface area contributed by atoms with Crippen LogP contribution in [0.3, 0.4) is 0 Å². The van der Waals surface area contributed by atoms with Gasteiger partial charge in [-0.3, -0.25) is 0 Å². The van der Waals surface area contributed by atoms with Crippen LogP contribution in [-0.2, 0) is 4.43 Å². The van der Waals surface area contributed by atoms with Crippen molar-refractivity contribution in [1.29, 1.82) is 0 Å². The lowest BCUT2D eigenvalue weighted by atomic mass is 10.1. The van der Waals surface area contributed by atoms with Crippen molar-refractivity contribution < 1.29 is 9.53 Å². The Morgan fingerprint density at radius 2 is 1.94 bits per heavy atom. The zero-order valence-corrected chi connectivity index (χ0v) is 12.3. The Kier molecular flexibility index (Phi) is 4.38. The molecular weight excluding hydrogens is 216 g/mol. The van der Waals surface area contributed by atoms with E-state index in [2.05, 4.69) is 39.9 Å². The highest BCUT2D eigenvalue weighted by Gasteiger charge is 2.40. The SMILES string of the molecule is CC(C)(C)[Si](C)(C)O[C@H]1CCCC=C[C@@H]1O. The third kappa shape index (κ3) is 3.44. The molecule has 0 fully saturated rings. The number of hydrogen-bond donors (Lipinski definition) is 1. The standard InChI is InChI=1S/C13H26O2Si/c1-13(2,3)16(4,5)15-12-10-8-6-7-9-11(12)14/h7,9,11-12,14H,6,8,10H2,1-5H3/t11-,12-/m0/s1. The molecule has 0 aromatic rings. The van der Waals surface area contributed by atoms with Gasteiger partial charge in [0.05, 0.1) is 12.2 Å². The largest absolute Gasteiger partial charge is 0.411 e. The Bertz CT molecular complexity index is 253. The molecule has 94 valence electrons. The normalized spacial score (nSPS) is 27.9. The van der Waals surface area contributed by atoms with Crippen LogP contribution in [-0.4, -0.2) is 25.6 Å². The smallest absolute Gasteiger partial charge is 0.192 e. The lowest BCUT2D eigenvalue weighted by molar-refractivity contribution is 0.0524. The van der Waals surface area contributed by atoms with Crippen molar-refractivity contribution in [3.8, 4) is 0 Å². The van der Waals surface area contributed by atoms with Gasteiger partial charge in [0.25, 0.3) is 0 Å². The summed E-state index contributed by atoms with van der Waals surface area (Å²) in [5.74, 6) is 0. The Labute approximate surface area is 101 Å². The first-order valence-corrected chi connectivity index (χ1v) is 9.17. The third-order valence-corrected chi connectivity index (χ3v) is 8.33. The van der Waals surface area contributed by atoms with Crippen molar-refractivity contribution in [2.45, 2.75) is 70.4 Å². The van der Waals surface area contributed by atoms with Gasteiger partial charge < -0.3 is 9.53 Å². The van der Waals surface area contributed by atoms with E-state index in [1.165, 1.54) is 0 Å². The Morgan fingerprint density at radius 3 is 2.50 bits per heavy atom. The summed E-state index contributed by atoms with van der Waals surface area (Å²) < 4.78 is 6.27. The van der Waals surface area contributed by atoms with Gasteiger partial charge >= 0.3 is 0 Å². The molecule has 2 nitrogen and oxygen atoms in total. The van der Waals surface area contributed by atoms with Crippen molar-refractivity contribution >= 4 is 8.32 Å². The fraction of sp³-hybridized carbons (Fsp3) is 0.846. The highest BCUT2D eigenvalue weighted by molar-refractivity contribution is 6.74. The van der Waals surface area contributed by atoms with E-state index in [1.807, 2.05) is 6.08 Å². The minimum Gasteiger partial charge on any atom is -0.411 e. The second kappa shape index (κ2) is 5.03. The van der Waals surface area contributed by atoms with Gasteiger partial charge in [-0.05, 0) is 37.4 Å². The van der Waals surface area contributed by atoms with Gasteiger partial charge in [0, 0.05) is 0 Å². The first kappa shape index (κ1) is 13.9. The summed E-state index contributed by atoms with van der Waals surface area (Å²) in [6.45, 7) is 11.2. The molecule has 0 aromatic carbocycles. The van der Waals surface area contributed by atoms with E-state index in [9.17, 15) is 5.11 Å². The molecule has 0 bridgehead atoms. The van der Waals surface area contributed by atoms with E-state index in [0.29, 0.717) is 0 Å². The second-order valence-corrected chi connectivity index (χ2v) is 11.0. The zero-order valence-electron chi connectivity index (χ0n) is 11.3. The molecule has 1 rings (SSSR count). The van der Waals surface area contributed by atoms with Crippen molar-refractivity contribution in [3.05, 3.63) is 12.2 Å². The maximum absolute atomic E-state index is 9.99. The summed E-state index contributed by atoms with van der Waals surface area (Å²) in [6, 6.07) is 0. The van der Waals surface area contributed by atoms with E-state index in [0.717, 1.165) is 19.3 Å². The quantitative estimate of drug-likeness (QED) is 0.593. The van der Waals surface area contributed by atoms with Crippen molar-refractivity contribution in [1.82, 2.24) is 0 Å². The van der Waals surface area contributed by atoms with Gasteiger partial charge in [-0.25, -0.2) is 0 Å². The number of allylic oxidation sites excluding steroid dienone is 1. The molecule has 0 spiro atoms. The molecule has 0 unspecified atom stereocenters. The fourth-order valence-corrected chi connectivity index (χ4v) is 3.02. The predicted molar refractivity (Wildman–Crippen MR) is 71.1 cm³/mol. The molecule has 16 heavy (non-hydrogen) atoms. The van der Waals surface area contributed by atoms with Gasteiger partial charge in [-0.2, -0.15) is 0 Å². The second-order valence-electron chi connectivity index (χ2n) is 6.27. The van der Waals surface area contributed by atoms with Crippen LogP contribution in [0.4, 0.5) is 0 Å². The van der Waals surface area contributed by atoms with E-state index < -0.39 is 14.4 Å². The van der Waals surface area contributed by atoms with Gasteiger partial charge in [0.15, 0.2) is 8.32 Å². The maximum atomic E-state index is 9.99. The summed E-state index contributed by atoms with van der Waals surface area (Å²) in [6.07, 6.45) is 6.70. The van der Waals surface area contributed by atoms with Crippen molar-refractivity contribution in [3.63, 3.8) is 0 Å². The average Bonchev–Trinajstić information content (AvgIpc) is 2.30. The van der Waals surface area contributed by atoms with Crippen LogP contribution in [0.1, 0.15) is 40.0 Å². The molecule has 0 aliphatic heterocycles. The highest BCUT2D eigenvalue weighted by Crippen LogP contribution is 2.38. The third-order valence-electron chi connectivity index (χ3n) is 3.83. The van der Waals surface area contributed by atoms with Crippen molar-refractivity contribution in [2.24, 2.45) is 0 Å². The lowest BCUT2D eigenvalue weighted by Crippen LogP contribution is -2.46. The summed E-state index contributed by atoms with van der Waals surface area (Å²) in [4.78, 5) is 0. The van der Waals surface area contributed by atoms with E-state index in [4.69, 9.17) is 4.43 Å². The molecule has 2 atom stereocenters. The Morgan fingerprint density at radius 1 is 1.31 bits per heavy atom. The first-order chi connectivity index (χ1) is 7.24. The number of hydrogen-bond acceptors (Lipinski definition) is 2. The molecule has 0 radical (unpaired) electrons. The molecule has 1 aliphatic carbocycles. The zero-order chi connectivity index (χ0) is 12.4. The predicted octanol–water partition coefficient (Wildman–Crippen LogP) is 3.48. The van der Waals surface area contributed by atoms with Gasteiger partial charge in [0.2, 0.25) is 0 Å². The molecule has 0 saturated carbocycles. The average molecular weight is 242 g/mol. The van der Waals surface area contributed by atoms with Crippen LogP contribution < -0.4 is 0 Å². The van der Waals surface area contributed by atoms with E-state index in [-0.39, 0.29) is 11.1 Å². The molecule has 0 amide bonds. The Hall–Kier alpha value is -0.123.